The highest BCUT2D eigenvalue weighted by Gasteiger charge is 2.34. The van der Waals surface area contributed by atoms with Crippen LogP contribution in [0.3, 0.4) is 0 Å². The lowest BCUT2D eigenvalue weighted by Crippen LogP contribution is -2.32. The summed E-state index contributed by atoms with van der Waals surface area (Å²) in [5, 5.41) is 0. The number of hydrogen-bond acceptors (Lipinski definition) is 9. The van der Waals surface area contributed by atoms with Gasteiger partial charge in [0, 0.05) is 55.5 Å². The van der Waals surface area contributed by atoms with E-state index >= 15 is 0 Å². The van der Waals surface area contributed by atoms with Crippen molar-refractivity contribution in [3.8, 4) is 23.0 Å². The molecule has 5 aliphatic rings. The highest BCUT2D eigenvalue weighted by Crippen LogP contribution is 2.41. The van der Waals surface area contributed by atoms with Crippen molar-refractivity contribution in [2.24, 2.45) is 9.98 Å². The number of nitrogens with two attached hydrogens (primary N) is 1. The number of carbonyl (C=O) groups excluding carboxylic acids is 2. The Morgan fingerprint density at radius 2 is 1.08 bits per heavy atom. The predicted molar refractivity (Wildman–Crippen MR) is 205 cm³/mol. The molecule has 0 radical (unpaired) electrons. The zero-order valence-electron chi connectivity index (χ0n) is 30.1. The fraction of sp³-hybridized carbons (Fsp3) is 0.381. The summed E-state index contributed by atoms with van der Waals surface area (Å²) in [6.45, 7) is 3.77. The minimum absolute atomic E-state index is 0.0829. The summed E-state index contributed by atoms with van der Waals surface area (Å²) in [6, 6.07) is 14.6. The van der Waals surface area contributed by atoms with Gasteiger partial charge in [-0.25, -0.2) is 0 Å². The minimum Gasteiger partial charge on any atom is -0.490 e. The van der Waals surface area contributed by atoms with E-state index < -0.39 is 0 Å². The molecule has 5 heterocycles. The molecule has 8 rings (SSSR count). The van der Waals surface area contributed by atoms with E-state index in [0.29, 0.717) is 90.5 Å². The molecule has 2 atom stereocenters. The summed E-state index contributed by atoms with van der Waals surface area (Å²) >= 11 is 0. The molecule has 0 aromatic heterocycles. The van der Waals surface area contributed by atoms with E-state index in [2.05, 4.69) is 0 Å². The van der Waals surface area contributed by atoms with E-state index in [1.165, 1.54) is 0 Å². The molecule has 3 aromatic rings. The third-order valence-corrected chi connectivity index (χ3v) is 10.3. The summed E-state index contributed by atoms with van der Waals surface area (Å²) in [5.74, 6) is 1.96. The van der Waals surface area contributed by atoms with Crippen molar-refractivity contribution >= 4 is 46.9 Å². The first kappa shape index (κ1) is 34.5. The summed E-state index contributed by atoms with van der Waals surface area (Å²) in [6.07, 6.45) is 15.5. The number of ether oxygens (including phenoxy) is 4. The number of fused-ring (bicyclic) bond motifs is 6. The Labute approximate surface area is 309 Å². The van der Waals surface area contributed by atoms with Crippen molar-refractivity contribution in [1.29, 1.82) is 0 Å². The van der Waals surface area contributed by atoms with Gasteiger partial charge in [0.2, 0.25) is 0 Å². The molecule has 53 heavy (non-hydrogen) atoms. The summed E-state index contributed by atoms with van der Waals surface area (Å²) in [4.78, 5) is 40.5. The molecule has 0 unspecified atom stereocenters. The molecule has 11 heteroatoms. The number of aliphatic imine (C=N–C) groups is 2. The second-order valence-electron chi connectivity index (χ2n) is 14.3. The minimum atomic E-state index is -0.191. The van der Waals surface area contributed by atoms with E-state index in [1.807, 2.05) is 68.2 Å². The van der Waals surface area contributed by atoms with Gasteiger partial charge in [0.15, 0.2) is 23.0 Å². The second kappa shape index (κ2) is 15.2. The number of nitrogens with zero attached hydrogens (tertiary/aromatic N) is 4. The average molecular weight is 716 g/mol. The van der Waals surface area contributed by atoms with Crippen LogP contribution in [0.4, 0.5) is 17.1 Å². The topological polar surface area (TPSA) is 128 Å². The van der Waals surface area contributed by atoms with E-state index in [4.69, 9.17) is 34.7 Å². The standard InChI is InChI=1S/C42H45N5O6/c1-27-17-31-23-44-35-21-39-37(19-33(35)41(48)46(31)25-27)50-13-6-4-2-3-5-7-14-51-38-20-34-36(22-40(38)53-16-8-15-52-39)45-24-32-18-29(26-47(32)42(34)49)28-9-11-30(43)12-10-28/h9-12,19-26,31-32H,2-8,13-18,43H2,1H3/t31-,32-/m0/s1. The van der Waals surface area contributed by atoms with Gasteiger partial charge in [-0.1, -0.05) is 43.4 Å². The van der Waals surface area contributed by atoms with E-state index in [0.717, 1.165) is 61.7 Å². The van der Waals surface area contributed by atoms with E-state index in [-0.39, 0.29) is 23.9 Å². The van der Waals surface area contributed by atoms with E-state index in [9.17, 15) is 9.59 Å². The summed E-state index contributed by atoms with van der Waals surface area (Å²) in [5.41, 5.74) is 12.0. The lowest BCUT2D eigenvalue weighted by molar-refractivity contribution is 0.0809. The monoisotopic (exact) mass is 715 g/mol. The van der Waals surface area contributed by atoms with Crippen LogP contribution in [0, 0.1) is 0 Å². The maximum atomic E-state index is 14.0. The number of amides is 2. The largest absolute Gasteiger partial charge is 0.490 e. The maximum Gasteiger partial charge on any atom is 0.260 e. The lowest BCUT2D eigenvalue weighted by Gasteiger charge is -2.20. The Morgan fingerprint density at radius 1 is 0.604 bits per heavy atom. The number of carbonyl (C=O) groups is 2. The van der Waals surface area contributed by atoms with Crippen molar-refractivity contribution in [3.63, 3.8) is 0 Å². The molecule has 0 saturated heterocycles. The number of hydrogen-bond donors (Lipinski definition) is 1. The number of nitrogen functional groups attached to an aromatic ring is 1. The first-order valence-electron chi connectivity index (χ1n) is 18.8. The number of rotatable bonds is 1. The molecule has 0 saturated carbocycles. The van der Waals surface area contributed by atoms with Gasteiger partial charge in [0.05, 0.1) is 61.0 Å². The zero-order valence-corrected chi connectivity index (χ0v) is 30.1. The Balaban J connectivity index is 1.00. The third-order valence-electron chi connectivity index (χ3n) is 10.3. The van der Waals surface area contributed by atoms with Gasteiger partial charge in [-0.2, -0.15) is 0 Å². The Kier molecular flexibility index (Phi) is 9.88. The van der Waals surface area contributed by atoms with Crippen LogP contribution in [-0.4, -0.2) is 72.6 Å². The van der Waals surface area contributed by atoms with Gasteiger partial charge in [-0.05, 0) is 61.6 Å². The molecule has 274 valence electrons. The third kappa shape index (κ3) is 7.38. The van der Waals surface area contributed by atoms with Crippen LogP contribution in [-0.2, 0) is 0 Å². The number of anilines is 1. The van der Waals surface area contributed by atoms with Crippen LogP contribution in [0.5, 0.6) is 23.0 Å². The van der Waals surface area contributed by atoms with Crippen LogP contribution in [0.15, 0.2) is 76.5 Å². The molecule has 2 N–H and O–H groups in total. The second-order valence-corrected chi connectivity index (χ2v) is 14.3. The zero-order chi connectivity index (χ0) is 36.3. The fourth-order valence-corrected chi connectivity index (χ4v) is 7.43. The number of benzene rings is 3. The highest BCUT2D eigenvalue weighted by atomic mass is 16.5. The van der Waals surface area contributed by atoms with Gasteiger partial charge in [-0.3, -0.25) is 19.6 Å². The van der Waals surface area contributed by atoms with Gasteiger partial charge in [0.1, 0.15) is 0 Å². The predicted octanol–water partition coefficient (Wildman–Crippen LogP) is 8.03. The van der Waals surface area contributed by atoms with Gasteiger partial charge >= 0.3 is 0 Å². The molecule has 3 aromatic carbocycles. The normalized spacial score (nSPS) is 21.8. The van der Waals surface area contributed by atoms with Crippen LogP contribution in [0.1, 0.15) is 91.0 Å². The SMILES string of the molecule is CC1=CN2C(=O)c3cc4c(cc3N=C[C@@H]2C1)OCCCOc1cc2c(cc1OCCCCCCCCO4)C(=O)N1C=C(c3ccc(N)cc3)C[C@H]1C=N2. The molecule has 0 fully saturated rings. The van der Waals surface area contributed by atoms with Gasteiger partial charge in [-0.15, -0.1) is 0 Å². The van der Waals surface area contributed by atoms with Crippen LogP contribution in [0.2, 0.25) is 0 Å². The quantitative estimate of drug-likeness (QED) is 0.253. The summed E-state index contributed by atoms with van der Waals surface area (Å²) in [7, 11) is 0. The first-order chi connectivity index (χ1) is 25.9. The Morgan fingerprint density at radius 3 is 1.64 bits per heavy atom. The van der Waals surface area contributed by atoms with Crippen molar-refractivity contribution in [2.45, 2.75) is 76.8 Å². The molecular weight excluding hydrogens is 670 g/mol. The van der Waals surface area contributed by atoms with Crippen molar-refractivity contribution in [1.82, 2.24) is 9.80 Å². The van der Waals surface area contributed by atoms with Gasteiger partial charge < -0.3 is 34.5 Å². The molecule has 0 spiro atoms. The van der Waals surface area contributed by atoms with Crippen LogP contribution < -0.4 is 24.7 Å². The first-order valence-corrected chi connectivity index (χ1v) is 18.8. The Hall–Kier alpha value is -5.58. The van der Waals surface area contributed by atoms with Gasteiger partial charge in [0.25, 0.3) is 11.8 Å². The van der Waals surface area contributed by atoms with Crippen molar-refractivity contribution < 1.29 is 28.5 Å². The van der Waals surface area contributed by atoms with E-state index in [1.54, 1.807) is 21.9 Å². The average Bonchev–Trinajstić information content (AvgIpc) is 3.70. The molecular formula is C42H45N5O6. The van der Waals surface area contributed by atoms with Crippen LogP contribution >= 0.6 is 0 Å². The maximum absolute atomic E-state index is 14.0. The van der Waals surface area contributed by atoms with Crippen molar-refractivity contribution in [3.05, 3.63) is 83.2 Å². The smallest absolute Gasteiger partial charge is 0.260 e. The molecule has 11 nitrogen and oxygen atoms in total. The van der Waals surface area contributed by atoms with Crippen LogP contribution in [0.25, 0.3) is 5.57 Å². The van der Waals surface area contributed by atoms with Crippen molar-refractivity contribution in [2.75, 3.05) is 32.2 Å². The summed E-state index contributed by atoms with van der Waals surface area (Å²) < 4.78 is 25.1. The molecule has 0 aliphatic carbocycles. The lowest BCUT2D eigenvalue weighted by atomic mass is 10.0. The Bertz CT molecular complexity index is 2020. The molecule has 2 amide bonds. The fourth-order valence-electron chi connectivity index (χ4n) is 7.43. The molecule has 5 aliphatic heterocycles. The highest BCUT2D eigenvalue weighted by molar-refractivity contribution is 6.06. The molecule has 0 bridgehead atoms.